The lowest BCUT2D eigenvalue weighted by atomic mass is 10.0. The van der Waals surface area contributed by atoms with Gasteiger partial charge in [0.25, 0.3) is 0 Å². The zero-order chi connectivity index (χ0) is 16.6. The van der Waals surface area contributed by atoms with Gasteiger partial charge in [-0.2, -0.15) is 0 Å². The Morgan fingerprint density at radius 3 is 1.48 bits per heavy atom. The van der Waals surface area contributed by atoms with Crippen LogP contribution in [0.5, 0.6) is 0 Å². The predicted molar refractivity (Wildman–Crippen MR) is 98.2 cm³/mol. The summed E-state index contributed by atoms with van der Waals surface area (Å²) >= 11 is 0. The molecule has 1 rings (SSSR count). The van der Waals surface area contributed by atoms with Crippen molar-refractivity contribution in [1.29, 1.82) is 0 Å². The molecule has 0 amide bonds. The first kappa shape index (κ1) is 17.7. The topological polar surface area (TPSA) is 37.3 Å². The molecule has 0 aromatic heterocycles. The van der Waals surface area contributed by atoms with Gasteiger partial charge in [-0.3, -0.25) is 0 Å². The van der Waals surface area contributed by atoms with Crippen molar-refractivity contribution in [1.82, 2.24) is 0 Å². The van der Waals surface area contributed by atoms with Crippen molar-refractivity contribution < 1.29 is 9.90 Å². The molecule has 1 N–H and O–H groups in total. The number of aromatic carboxylic acids is 1. The number of carboxylic acid groups (broad SMARTS) is 1. The number of hydrogen-bond donors (Lipinski definition) is 1. The van der Waals surface area contributed by atoms with Gasteiger partial charge in [-0.05, 0) is 11.1 Å². The average Bonchev–Trinajstić information content (AvgIpc) is 2.33. The molecule has 21 heavy (non-hydrogen) atoms. The van der Waals surface area contributed by atoms with Gasteiger partial charge in [0.2, 0.25) is 0 Å². The molecule has 2 nitrogen and oxygen atoms in total. The molecule has 0 aliphatic rings. The van der Waals surface area contributed by atoms with E-state index in [1.807, 2.05) is 18.2 Å². The van der Waals surface area contributed by atoms with Crippen molar-refractivity contribution in [3.8, 4) is 0 Å². The Hall–Kier alpha value is -1.40. The van der Waals surface area contributed by atoms with E-state index in [0.29, 0.717) is 5.56 Å². The number of hydrogen-bond acceptors (Lipinski definition) is 1. The van der Waals surface area contributed by atoms with E-state index in [9.17, 15) is 9.90 Å². The molecule has 0 saturated carbocycles. The Kier molecular flexibility index (Phi) is 4.85. The Morgan fingerprint density at radius 2 is 1.24 bits per heavy atom. The fraction of sp³-hybridized carbons (Fsp3) is 0.353. The van der Waals surface area contributed by atoms with Crippen molar-refractivity contribution in [2.45, 2.75) is 39.3 Å². The molecule has 0 spiro atoms. The van der Waals surface area contributed by atoms with Crippen molar-refractivity contribution in [2.24, 2.45) is 0 Å². The minimum Gasteiger partial charge on any atom is -0.478 e. The van der Waals surface area contributed by atoms with E-state index >= 15 is 0 Å². The van der Waals surface area contributed by atoms with Crippen LogP contribution in [0, 0.1) is 0 Å². The van der Waals surface area contributed by atoms with Crippen LogP contribution < -0.4 is 0 Å². The van der Waals surface area contributed by atoms with E-state index in [2.05, 4.69) is 52.4 Å². The van der Waals surface area contributed by atoms with Crippen LogP contribution in [0.1, 0.15) is 21.5 Å². The summed E-state index contributed by atoms with van der Waals surface area (Å²) < 4.78 is 0. The van der Waals surface area contributed by atoms with Gasteiger partial charge in [0, 0.05) is 0 Å². The summed E-state index contributed by atoms with van der Waals surface area (Å²) in [4.78, 5) is 11.9. The molecule has 0 radical (unpaired) electrons. The van der Waals surface area contributed by atoms with E-state index in [1.54, 1.807) is 0 Å². The Morgan fingerprint density at radius 1 is 0.905 bits per heavy atom. The minimum atomic E-state index is -1.66. The first-order chi connectivity index (χ1) is 9.37. The van der Waals surface area contributed by atoms with Crippen LogP contribution >= 0.6 is 0 Å². The third-order valence-electron chi connectivity index (χ3n) is 3.74. The van der Waals surface area contributed by atoms with Gasteiger partial charge in [-0.1, -0.05) is 81.0 Å². The number of carboxylic acids is 1. The highest BCUT2D eigenvalue weighted by molar-refractivity contribution is 6.94. The highest BCUT2D eigenvalue weighted by Crippen LogP contribution is 2.33. The second-order valence-electron chi connectivity index (χ2n) is 7.49. The van der Waals surface area contributed by atoms with E-state index < -0.39 is 22.1 Å². The third kappa shape index (κ3) is 3.83. The molecule has 0 atom stereocenters. The molecule has 0 saturated heterocycles. The van der Waals surface area contributed by atoms with Gasteiger partial charge in [0.1, 0.15) is 0 Å². The van der Waals surface area contributed by atoms with Crippen LogP contribution in [0.25, 0.3) is 10.4 Å². The third-order valence-corrected chi connectivity index (χ3v) is 7.90. The lowest BCUT2D eigenvalue weighted by Gasteiger charge is -2.26. The summed E-state index contributed by atoms with van der Waals surface area (Å²) in [7, 11) is -3.32. The zero-order valence-electron chi connectivity index (χ0n) is 14.0. The van der Waals surface area contributed by atoms with Crippen molar-refractivity contribution in [3.05, 3.63) is 48.0 Å². The molecule has 1 aromatic carbocycles. The molecule has 0 aliphatic carbocycles. The Balaban J connectivity index is 3.61. The smallest absolute Gasteiger partial charge is 0.336 e. The van der Waals surface area contributed by atoms with Crippen molar-refractivity contribution in [2.75, 3.05) is 0 Å². The standard InChI is InChI=1S/C17H26O2Si2/c1-12(20(3,4)5)14-10-9-11-15(16(14)17(18)19)13(2)21(6,7)8/h9-11H,1-2H2,3-8H3,(H,18,19). The second kappa shape index (κ2) is 5.77. The van der Waals surface area contributed by atoms with Gasteiger partial charge in [-0.15, -0.1) is 0 Å². The summed E-state index contributed by atoms with van der Waals surface area (Å²) in [6.45, 7) is 21.5. The number of benzene rings is 1. The molecule has 114 valence electrons. The van der Waals surface area contributed by atoms with Crippen molar-refractivity contribution >= 4 is 32.5 Å². The molecule has 0 aliphatic heterocycles. The maximum absolute atomic E-state index is 11.9. The summed E-state index contributed by atoms with van der Waals surface area (Å²) in [5.41, 5.74) is 1.93. The predicted octanol–water partition coefficient (Wildman–Crippen LogP) is 5.17. The van der Waals surface area contributed by atoms with Crippen LogP contribution in [-0.2, 0) is 0 Å². The van der Waals surface area contributed by atoms with Crippen LogP contribution in [0.15, 0.2) is 31.4 Å². The second-order valence-corrected chi connectivity index (χ2v) is 17.7. The summed E-state index contributed by atoms with van der Waals surface area (Å²) in [5, 5.41) is 11.7. The van der Waals surface area contributed by atoms with Crippen LogP contribution in [-0.4, -0.2) is 27.2 Å². The minimum absolute atomic E-state index is 0.373. The van der Waals surface area contributed by atoms with Gasteiger partial charge in [0.05, 0.1) is 21.7 Å². The molecule has 1 aromatic rings. The van der Waals surface area contributed by atoms with Gasteiger partial charge < -0.3 is 5.11 Å². The summed E-state index contributed by atoms with van der Waals surface area (Å²) in [5.74, 6) is -0.889. The molecule has 4 heteroatoms. The molecule has 0 heterocycles. The lowest BCUT2D eigenvalue weighted by molar-refractivity contribution is 0.0696. The Labute approximate surface area is 130 Å². The SMILES string of the molecule is C=C(c1cccc(C(=C)[Si](C)(C)C)c1C(=O)O)[Si](C)(C)C. The fourth-order valence-corrected chi connectivity index (χ4v) is 4.13. The van der Waals surface area contributed by atoms with E-state index in [-0.39, 0.29) is 0 Å². The van der Waals surface area contributed by atoms with E-state index in [0.717, 1.165) is 21.5 Å². The number of carbonyl (C=O) groups is 1. The quantitative estimate of drug-likeness (QED) is 0.761. The van der Waals surface area contributed by atoms with Gasteiger partial charge in [-0.25, -0.2) is 4.79 Å². The van der Waals surface area contributed by atoms with Crippen LogP contribution in [0.2, 0.25) is 39.3 Å². The van der Waals surface area contributed by atoms with Crippen LogP contribution in [0.4, 0.5) is 0 Å². The largest absolute Gasteiger partial charge is 0.478 e. The normalized spacial score (nSPS) is 12.1. The summed E-state index contributed by atoms with van der Waals surface area (Å²) in [6, 6.07) is 5.68. The Bertz CT molecular complexity index is 558. The van der Waals surface area contributed by atoms with E-state index in [4.69, 9.17) is 0 Å². The van der Waals surface area contributed by atoms with Crippen LogP contribution in [0.3, 0.4) is 0 Å². The highest BCUT2D eigenvalue weighted by atomic mass is 28.3. The molecule has 0 bridgehead atoms. The number of rotatable bonds is 5. The molecular formula is C17H26O2Si2. The van der Waals surface area contributed by atoms with Gasteiger partial charge in [0.15, 0.2) is 0 Å². The van der Waals surface area contributed by atoms with E-state index in [1.165, 1.54) is 0 Å². The maximum Gasteiger partial charge on any atom is 0.336 e. The monoisotopic (exact) mass is 318 g/mol. The van der Waals surface area contributed by atoms with Crippen molar-refractivity contribution in [3.63, 3.8) is 0 Å². The average molecular weight is 319 g/mol. The first-order valence-corrected chi connectivity index (χ1v) is 14.1. The first-order valence-electron chi connectivity index (χ1n) is 7.13. The fourth-order valence-electron chi connectivity index (χ4n) is 2.09. The molecule has 0 unspecified atom stereocenters. The molecular weight excluding hydrogens is 292 g/mol. The zero-order valence-corrected chi connectivity index (χ0v) is 16.0. The lowest BCUT2D eigenvalue weighted by Crippen LogP contribution is -2.26. The highest BCUT2D eigenvalue weighted by Gasteiger charge is 2.28. The summed E-state index contributed by atoms with van der Waals surface area (Å²) in [6.07, 6.45) is 0. The molecule has 0 fully saturated rings. The van der Waals surface area contributed by atoms with Gasteiger partial charge >= 0.3 is 5.97 Å². The maximum atomic E-state index is 11.9.